The number of β-amino-alcohol motifs (C(OH)–C–C–N with tert-alkyl or cyclic N) is 1. The first-order valence-electron chi connectivity index (χ1n) is 10.2. The van der Waals surface area contributed by atoms with E-state index >= 15 is 0 Å². The van der Waals surface area contributed by atoms with Gasteiger partial charge in [-0.1, -0.05) is 0 Å². The average molecular weight is 411 g/mol. The van der Waals surface area contributed by atoms with Gasteiger partial charge in [-0.2, -0.15) is 10.2 Å². The van der Waals surface area contributed by atoms with Gasteiger partial charge in [0.1, 0.15) is 28.4 Å². The highest BCUT2D eigenvalue weighted by atomic mass is 16.5. The van der Waals surface area contributed by atoms with Crippen molar-refractivity contribution in [2.24, 2.45) is 7.05 Å². The van der Waals surface area contributed by atoms with Crippen molar-refractivity contribution < 1.29 is 14.6 Å². The van der Waals surface area contributed by atoms with Crippen LogP contribution in [0, 0.1) is 0 Å². The Morgan fingerprint density at radius 2 is 2.17 bits per heavy atom. The second-order valence-electron chi connectivity index (χ2n) is 8.35. The number of nitrogens with one attached hydrogen (secondary N) is 1. The summed E-state index contributed by atoms with van der Waals surface area (Å²) in [6.45, 7) is 3.67. The second kappa shape index (κ2) is 7.10. The molecule has 1 saturated carbocycles. The minimum absolute atomic E-state index is 0.0741. The predicted molar refractivity (Wildman–Crippen MR) is 112 cm³/mol. The number of fused-ring (bicyclic) bond motifs is 1. The number of aliphatic hydroxyl groups excluding tert-OH is 1. The van der Waals surface area contributed by atoms with Crippen LogP contribution in [0.15, 0.2) is 29.1 Å². The first-order valence-corrected chi connectivity index (χ1v) is 10.2. The molecule has 1 atom stereocenters. The van der Waals surface area contributed by atoms with Crippen molar-refractivity contribution in [3.63, 3.8) is 0 Å². The van der Waals surface area contributed by atoms with Gasteiger partial charge in [0.15, 0.2) is 0 Å². The fourth-order valence-corrected chi connectivity index (χ4v) is 3.76. The predicted octanol–water partition coefficient (Wildman–Crippen LogP) is 1.45. The Hall–Kier alpha value is -2.91. The minimum atomic E-state index is -0.650. The zero-order valence-corrected chi connectivity index (χ0v) is 17.1. The number of rotatable bonds is 4. The summed E-state index contributed by atoms with van der Waals surface area (Å²) in [4.78, 5) is 14.6. The number of anilines is 1. The van der Waals surface area contributed by atoms with Crippen molar-refractivity contribution in [1.82, 2.24) is 20.0 Å². The SMILES string of the molecule is Cn1nc(-c2n[nH]c3ccc(OC4(C)CC4)cc23)cc(N2CCOCC(O)C2)c1=O. The van der Waals surface area contributed by atoms with E-state index in [2.05, 4.69) is 22.2 Å². The monoisotopic (exact) mass is 411 g/mol. The van der Waals surface area contributed by atoms with Gasteiger partial charge in [-0.15, -0.1) is 0 Å². The smallest absolute Gasteiger partial charge is 0.290 e. The Balaban J connectivity index is 1.56. The lowest BCUT2D eigenvalue weighted by Crippen LogP contribution is -2.38. The fraction of sp³-hybridized carbons (Fsp3) is 0.476. The van der Waals surface area contributed by atoms with Crippen LogP contribution in [-0.4, -0.2) is 63.1 Å². The Bertz CT molecular complexity index is 1150. The molecule has 1 aliphatic heterocycles. The summed E-state index contributed by atoms with van der Waals surface area (Å²) in [6.07, 6.45) is 1.46. The molecule has 0 radical (unpaired) electrons. The molecule has 1 aromatic carbocycles. The topological polar surface area (TPSA) is 106 Å². The molecule has 2 aromatic heterocycles. The lowest BCUT2D eigenvalue weighted by Gasteiger charge is -2.23. The van der Waals surface area contributed by atoms with E-state index in [1.165, 1.54) is 4.68 Å². The molecule has 30 heavy (non-hydrogen) atoms. The fourth-order valence-electron chi connectivity index (χ4n) is 3.76. The summed E-state index contributed by atoms with van der Waals surface area (Å²) in [5.41, 5.74) is 2.27. The molecule has 1 unspecified atom stereocenters. The molecule has 3 aromatic rings. The number of hydrogen-bond acceptors (Lipinski definition) is 7. The highest BCUT2D eigenvalue weighted by Gasteiger charge is 2.40. The number of ether oxygens (including phenoxy) is 2. The summed E-state index contributed by atoms with van der Waals surface area (Å²) < 4.78 is 12.8. The molecule has 158 valence electrons. The normalized spacial score (nSPS) is 20.9. The molecular weight excluding hydrogens is 386 g/mol. The number of aromatic amines is 1. The molecule has 9 nitrogen and oxygen atoms in total. The molecule has 5 rings (SSSR count). The van der Waals surface area contributed by atoms with Crippen molar-refractivity contribution in [3.05, 3.63) is 34.6 Å². The van der Waals surface area contributed by atoms with Gasteiger partial charge in [-0.25, -0.2) is 4.68 Å². The molecule has 9 heteroatoms. The Labute approximate surface area is 173 Å². The Morgan fingerprint density at radius 3 is 2.97 bits per heavy atom. The van der Waals surface area contributed by atoms with Crippen molar-refractivity contribution in [3.8, 4) is 17.1 Å². The number of nitrogens with zero attached hydrogens (tertiary/aromatic N) is 4. The molecular formula is C21H25N5O4. The summed E-state index contributed by atoms with van der Waals surface area (Å²) in [5.74, 6) is 0.794. The Kier molecular flexibility index (Phi) is 4.52. The van der Waals surface area contributed by atoms with Crippen LogP contribution in [0.1, 0.15) is 19.8 Å². The standard InChI is InChI=1S/C21H25N5O4/c1-21(5-6-21)30-14-3-4-16-15(9-14)19(23-22-16)17-10-18(20(28)25(2)24-17)26-7-8-29-12-13(27)11-26/h3-4,9-10,13,27H,5-8,11-12H2,1-2H3,(H,22,23). The number of hydrogen-bond donors (Lipinski definition) is 2. The van der Waals surface area contributed by atoms with E-state index in [0.717, 1.165) is 29.5 Å². The van der Waals surface area contributed by atoms with Gasteiger partial charge in [0, 0.05) is 25.5 Å². The van der Waals surface area contributed by atoms with Crippen LogP contribution in [0.25, 0.3) is 22.3 Å². The largest absolute Gasteiger partial charge is 0.488 e. The molecule has 2 aliphatic rings. The van der Waals surface area contributed by atoms with E-state index in [-0.39, 0.29) is 17.8 Å². The zero-order chi connectivity index (χ0) is 20.9. The highest BCUT2D eigenvalue weighted by molar-refractivity contribution is 5.93. The van der Waals surface area contributed by atoms with E-state index in [1.54, 1.807) is 13.1 Å². The molecule has 1 saturated heterocycles. The van der Waals surface area contributed by atoms with E-state index in [0.29, 0.717) is 36.8 Å². The van der Waals surface area contributed by atoms with Gasteiger partial charge < -0.3 is 19.5 Å². The van der Waals surface area contributed by atoms with Gasteiger partial charge in [-0.3, -0.25) is 9.89 Å². The van der Waals surface area contributed by atoms with E-state index in [4.69, 9.17) is 9.47 Å². The zero-order valence-electron chi connectivity index (χ0n) is 17.1. The third-order valence-electron chi connectivity index (χ3n) is 5.73. The Morgan fingerprint density at radius 1 is 1.33 bits per heavy atom. The molecule has 3 heterocycles. The maximum Gasteiger partial charge on any atom is 0.290 e. The highest BCUT2D eigenvalue weighted by Crippen LogP contribution is 2.40. The molecule has 2 N–H and O–H groups in total. The van der Waals surface area contributed by atoms with Gasteiger partial charge >= 0.3 is 0 Å². The van der Waals surface area contributed by atoms with Crippen molar-refractivity contribution >= 4 is 16.6 Å². The molecule has 0 amide bonds. The second-order valence-corrected chi connectivity index (χ2v) is 8.35. The molecule has 1 aliphatic carbocycles. The lowest BCUT2D eigenvalue weighted by molar-refractivity contribution is 0.0597. The summed E-state index contributed by atoms with van der Waals surface area (Å²) >= 11 is 0. The van der Waals surface area contributed by atoms with Crippen LogP contribution in [0.3, 0.4) is 0 Å². The van der Waals surface area contributed by atoms with Crippen molar-refractivity contribution in [1.29, 1.82) is 0 Å². The molecule has 2 fully saturated rings. The van der Waals surface area contributed by atoms with E-state index in [9.17, 15) is 9.90 Å². The number of benzene rings is 1. The van der Waals surface area contributed by atoms with E-state index < -0.39 is 6.10 Å². The third-order valence-corrected chi connectivity index (χ3v) is 5.73. The first-order chi connectivity index (χ1) is 14.4. The van der Waals surface area contributed by atoms with Crippen LogP contribution in [-0.2, 0) is 11.8 Å². The average Bonchev–Trinajstić information content (AvgIpc) is 3.36. The first kappa shape index (κ1) is 19.1. The van der Waals surface area contributed by atoms with Gasteiger partial charge in [0.25, 0.3) is 5.56 Å². The van der Waals surface area contributed by atoms with Crippen LogP contribution in [0.5, 0.6) is 5.75 Å². The van der Waals surface area contributed by atoms with Gasteiger partial charge in [0.05, 0.1) is 24.8 Å². The van der Waals surface area contributed by atoms with Crippen molar-refractivity contribution in [2.75, 3.05) is 31.2 Å². The quantitative estimate of drug-likeness (QED) is 0.669. The van der Waals surface area contributed by atoms with E-state index in [1.807, 2.05) is 23.1 Å². The van der Waals surface area contributed by atoms with Crippen LogP contribution < -0.4 is 15.2 Å². The number of aryl methyl sites for hydroxylation is 1. The third kappa shape index (κ3) is 3.54. The van der Waals surface area contributed by atoms with Crippen molar-refractivity contribution in [2.45, 2.75) is 31.5 Å². The summed E-state index contributed by atoms with van der Waals surface area (Å²) in [6, 6.07) is 7.59. The van der Waals surface area contributed by atoms with Crippen LogP contribution in [0.2, 0.25) is 0 Å². The number of aromatic nitrogens is 4. The minimum Gasteiger partial charge on any atom is -0.488 e. The van der Waals surface area contributed by atoms with Gasteiger partial charge in [-0.05, 0) is 44.0 Å². The van der Waals surface area contributed by atoms with Gasteiger partial charge in [0.2, 0.25) is 0 Å². The maximum atomic E-state index is 12.8. The molecule has 0 bridgehead atoms. The molecule has 0 spiro atoms. The van der Waals surface area contributed by atoms with Crippen LogP contribution in [0.4, 0.5) is 5.69 Å². The van der Waals surface area contributed by atoms with Crippen LogP contribution >= 0.6 is 0 Å². The lowest BCUT2D eigenvalue weighted by atomic mass is 10.1. The summed E-state index contributed by atoms with van der Waals surface area (Å²) in [7, 11) is 1.62. The number of aliphatic hydroxyl groups is 1. The maximum absolute atomic E-state index is 12.8. The summed E-state index contributed by atoms with van der Waals surface area (Å²) in [5, 5.41) is 22.9. The number of H-pyrrole nitrogens is 1.